The molecule has 0 aliphatic heterocycles. The minimum absolute atomic E-state index is 0.381. The lowest BCUT2D eigenvalue weighted by Crippen LogP contribution is -2.25. The van der Waals surface area contributed by atoms with Crippen LogP contribution in [0.3, 0.4) is 0 Å². The molecule has 0 fully saturated rings. The molecule has 0 saturated heterocycles. The van der Waals surface area contributed by atoms with E-state index in [4.69, 9.17) is 0 Å². The third kappa shape index (κ3) is 4.43. The highest BCUT2D eigenvalue weighted by Crippen LogP contribution is 2.20. The number of nitrogens with one attached hydrogen (secondary N) is 1. The normalized spacial score (nSPS) is 12.5. The van der Waals surface area contributed by atoms with Crippen molar-refractivity contribution in [3.63, 3.8) is 0 Å². The predicted molar refractivity (Wildman–Crippen MR) is 88.4 cm³/mol. The summed E-state index contributed by atoms with van der Waals surface area (Å²) in [6.07, 6.45) is 3.35. The van der Waals surface area contributed by atoms with Crippen molar-refractivity contribution in [2.24, 2.45) is 0 Å². The SMILES string of the molecule is CCCNC(CCc1ccccc1)c1cc(C)nn1CC. The van der Waals surface area contributed by atoms with Crippen LogP contribution in [-0.2, 0) is 13.0 Å². The first-order chi connectivity index (χ1) is 10.2. The molecule has 3 heteroatoms. The Labute approximate surface area is 128 Å². The van der Waals surface area contributed by atoms with Crippen molar-refractivity contribution in [1.29, 1.82) is 0 Å². The van der Waals surface area contributed by atoms with Crippen LogP contribution in [0.4, 0.5) is 0 Å². The summed E-state index contributed by atoms with van der Waals surface area (Å²) in [5.41, 5.74) is 3.83. The maximum absolute atomic E-state index is 4.59. The molecule has 1 aromatic carbocycles. The fourth-order valence-corrected chi connectivity index (χ4v) is 2.73. The van der Waals surface area contributed by atoms with E-state index in [2.05, 4.69) is 72.3 Å². The predicted octanol–water partition coefficient (Wildman–Crippen LogP) is 3.88. The second-order valence-corrected chi connectivity index (χ2v) is 5.56. The van der Waals surface area contributed by atoms with Gasteiger partial charge >= 0.3 is 0 Å². The molecule has 2 rings (SSSR count). The first kappa shape index (κ1) is 15.8. The summed E-state index contributed by atoms with van der Waals surface area (Å²) in [6.45, 7) is 8.42. The quantitative estimate of drug-likeness (QED) is 0.797. The van der Waals surface area contributed by atoms with Crippen molar-refractivity contribution in [3.8, 4) is 0 Å². The van der Waals surface area contributed by atoms with Crippen LogP contribution in [0.15, 0.2) is 36.4 Å². The lowest BCUT2D eigenvalue weighted by atomic mass is 10.0. The number of hydrogen-bond acceptors (Lipinski definition) is 2. The number of rotatable bonds is 8. The van der Waals surface area contributed by atoms with Gasteiger partial charge in [-0.1, -0.05) is 37.3 Å². The summed E-state index contributed by atoms with van der Waals surface area (Å²) in [4.78, 5) is 0. The monoisotopic (exact) mass is 285 g/mol. The van der Waals surface area contributed by atoms with E-state index in [0.29, 0.717) is 6.04 Å². The molecular weight excluding hydrogens is 258 g/mol. The standard InChI is InChI=1S/C18H27N3/c1-4-13-19-17(12-11-16-9-7-6-8-10-16)18-14-15(3)20-21(18)5-2/h6-10,14,17,19H,4-5,11-13H2,1-3H3. The second kappa shape index (κ2) is 7.99. The molecule has 0 aliphatic rings. The average molecular weight is 285 g/mol. The molecule has 3 nitrogen and oxygen atoms in total. The zero-order valence-corrected chi connectivity index (χ0v) is 13.5. The van der Waals surface area contributed by atoms with Gasteiger partial charge in [-0.2, -0.15) is 5.10 Å². The molecule has 1 atom stereocenters. The van der Waals surface area contributed by atoms with Crippen molar-refractivity contribution in [1.82, 2.24) is 15.1 Å². The summed E-state index contributed by atoms with van der Waals surface area (Å²) < 4.78 is 2.13. The van der Waals surface area contributed by atoms with Gasteiger partial charge in [0.05, 0.1) is 11.4 Å². The lowest BCUT2D eigenvalue weighted by molar-refractivity contribution is 0.456. The van der Waals surface area contributed by atoms with E-state index in [1.165, 1.54) is 11.3 Å². The molecule has 1 heterocycles. The molecule has 0 radical (unpaired) electrons. The molecule has 1 aromatic heterocycles. The number of benzene rings is 1. The summed E-state index contributed by atoms with van der Waals surface area (Å²) in [5, 5.41) is 8.27. The zero-order chi connectivity index (χ0) is 15.1. The fourth-order valence-electron chi connectivity index (χ4n) is 2.73. The van der Waals surface area contributed by atoms with E-state index in [1.807, 2.05) is 0 Å². The van der Waals surface area contributed by atoms with Gasteiger partial charge in [-0.3, -0.25) is 4.68 Å². The van der Waals surface area contributed by atoms with E-state index < -0.39 is 0 Å². The van der Waals surface area contributed by atoms with E-state index in [-0.39, 0.29) is 0 Å². The molecule has 0 saturated carbocycles. The Morgan fingerprint density at radius 2 is 1.95 bits per heavy atom. The summed E-state index contributed by atoms with van der Waals surface area (Å²) in [7, 11) is 0. The second-order valence-electron chi connectivity index (χ2n) is 5.56. The smallest absolute Gasteiger partial charge is 0.0597 e. The van der Waals surface area contributed by atoms with Crippen molar-refractivity contribution < 1.29 is 0 Å². The third-order valence-electron chi connectivity index (χ3n) is 3.80. The van der Waals surface area contributed by atoms with Crippen LogP contribution < -0.4 is 5.32 Å². The summed E-state index contributed by atoms with van der Waals surface area (Å²) in [6, 6.07) is 13.3. The maximum atomic E-state index is 4.59. The van der Waals surface area contributed by atoms with E-state index >= 15 is 0 Å². The fraction of sp³-hybridized carbons (Fsp3) is 0.500. The lowest BCUT2D eigenvalue weighted by Gasteiger charge is -2.19. The molecule has 1 unspecified atom stereocenters. The van der Waals surface area contributed by atoms with E-state index in [1.54, 1.807) is 0 Å². The number of nitrogens with zero attached hydrogens (tertiary/aromatic N) is 2. The van der Waals surface area contributed by atoms with Gasteiger partial charge in [0.2, 0.25) is 0 Å². The maximum Gasteiger partial charge on any atom is 0.0597 e. The molecule has 1 N–H and O–H groups in total. The molecule has 0 aliphatic carbocycles. The topological polar surface area (TPSA) is 29.9 Å². The van der Waals surface area contributed by atoms with Gasteiger partial charge in [0.1, 0.15) is 0 Å². The zero-order valence-electron chi connectivity index (χ0n) is 13.5. The molecular formula is C18H27N3. The van der Waals surface area contributed by atoms with Crippen molar-refractivity contribution >= 4 is 0 Å². The third-order valence-corrected chi connectivity index (χ3v) is 3.80. The Kier molecular flexibility index (Phi) is 6.00. The minimum atomic E-state index is 0.381. The number of aryl methyl sites for hydroxylation is 3. The largest absolute Gasteiger partial charge is 0.309 e. The first-order valence-electron chi connectivity index (χ1n) is 8.06. The Morgan fingerprint density at radius 1 is 1.19 bits per heavy atom. The molecule has 2 aromatic rings. The first-order valence-corrected chi connectivity index (χ1v) is 8.06. The average Bonchev–Trinajstić information content (AvgIpc) is 2.89. The van der Waals surface area contributed by atoms with Crippen molar-refractivity contribution in [3.05, 3.63) is 53.3 Å². The Hall–Kier alpha value is -1.61. The Morgan fingerprint density at radius 3 is 2.62 bits per heavy atom. The number of hydrogen-bond donors (Lipinski definition) is 1. The highest BCUT2D eigenvalue weighted by molar-refractivity contribution is 5.17. The highest BCUT2D eigenvalue weighted by atomic mass is 15.3. The Bertz CT molecular complexity index is 531. The minimum Gasteiger partial charge on any atom is -0.309 e. The van der Waals surface area contributed by atoms with Gasteiger partial charge in [0.15, 0.2) is 0 Å². The van der Waals surface area contributed by atoms with Crippen LogP contribution in [0.25, 0.3) is 0 Å². The van der Waals surface area contributed by atoms with Gasteiger partial charge in [-0.15, -0.1) is 0 Å². The molecule has 0 bridgehead atoms. The molecule has 0 amide bonds. The van der Waals surface area contributed by atoms with Crippen molar-refractivity contribution in [2.45, 2.75) is 52.6 Å². The van der Waals surface area contributed by atoms with Gasteiger partial charge in [-0.25, -0.2) is 0 Å². The highest BCUT2D eigenvalue weighted by Gasteiger charge is 2.16. The Balaban J connectivity index is 2.10. The van der Waals surface area contributed by atoms with Crippen LogP contribution in [-0.4, -0.2) is 16.3 Å². The van der Waals surface area contributed by atoms with Crippen LogP contribution in [0.1, 0.15) is 49.7 Å². The van der Waals surface area contributed by atoms with Crippen molar-refractivity contribution in [2.75, 3.05) is 6.54 Å². The molecule has 21 heavy (non-hydrogen) atoms. The van der Waals surface area contributed by atoms with Crippen LogP contribution in [0.2, 0.25) is 0 Å². The van der Waals surface area contributed by atoms with E-state index in [0.717, 1.165) is 38.0 Å². The van der Waals surface area contributed by atoms with Crippen LogP contribution in [0.5, 0.6) is 0 Å². The van der Waals surface area contributed by atoms with E-state index in [9.17, 15) is 0 Å². The van der Waals surface area contributed by atoms with Gasteiger partial charge in [0.25, 0.3) is 0 Å². The number of aromatic nitrogens is 2. The van der Waals surface area contributed by atoms with Crippen LogP contribution in [0, 0.1) is 6.92 Å². The van der Waals surface area contributed by atoms with Gasteiger partial charge in [-0.05, 0) is 51.3 Å². The molecule has 0 spiro atoms. The van der Waals surface area contributed by atoms with Gasteiger partial charge in [0, 0.05) is 12.6 Å². The summed E-state index contributed by atoms with van der Waals surface area (Å²) >= 11 is 0. The molecule has 114 valence electrons. The van der Waals surface area contributed by atoms with Crippen LogP contribution >= 0.6 is 0 Å². The van der Waals surface area contributed by atoms with Gasteiger partial charge < -0.3 is 5.32 Å². The summed E-state index contributed by atoms with van der Waals surface area (Å²) in [5.74, 6) is 0.